The highest BCUT2D eigenvalue weighted by Crippen LogP contribution is 2.18. The van der Waals surface area contributed by atoms with Crippen LogP contribution in [0.1, 0.15) is 18.4 Å². The van der Waals surface area contributed by atoms with Crippen molar-refractivity contribution in [1.82, 2.24) is 0 Å². The van der Waals surface area contributed by atoms with E-state index in [0.29, 0.717) is 6.61 Å². The van der Waals surface area contributed by atoms with Gasteiger partial charge in [-0.05, 0) is 17.7 Å². The summed E-state index contributed by atoms with van der Waals surface area (Å²) in [6.45, 7) is 2.29. The van der Waals surface area contributed by atoms with E-state index in [2.05, 4.69) is 15.9 Å². The fourth-order valence-corrected chi connectivity index (χ4v) is 1.36. The maximum atomic E-state index is 10.4. The van der Waals surface area contributed by atoms with Crippen molar-refractivity contribution in [2.75, 3.05) is 6.61 Å². The van der Waals surface area contributed by atoms with E-state index in [1.54, 1.807) is 0 Å². The topological polar surface area (TPSA) is 52.3 Å². The summed E-state index contributed by atoms with van der Waals surface area (Å²) in [5.41, 5.74) is 5.99. The third-order valence-corrected chi connectivity index (χ3v) is 2.44. The highest BCUT2D eigenvalue weighted by Gasteiger charge is 2.06. The largest absolute Gasteiger partial charge is 0.449 e. The van der Waals surface area contributed by atoms with E-state index in [4.69, 9.17) is 10.5 Å². The summed E-state index contributed by atoms with van der Waals surface area (Å²) < 4.78 is 5.75. The molecule has 2 N–H and O–H groups in total. The van der Waals surface area contributed by atoms with Gasteiger partial charge in [0.25, 0.3) is 0 Å². The van der Waals surface area contributed by atoms with E-state index < -0.39 is 6.09 Å². The van der Waals surface area contributed by atoms with Gasteiger partial charge in [-0.3, -0.25) is 0 Å². The van der Waals surface area contributed by atoms with E-state index in [1.165, 1.54) is 0 Å². The Morgan fingerprint density at radius 2 is 2.07 bits per heavy atom. The Morgan fingerprint density at radius 1 is 1.50 bits per heavy atom. The van der Waals surface area contributed by atoms with Crippen LogP contribution < -0.4 is 5.73 Å². The molecule has 0 saturated heterocycles. The summed E-state index contributed by atoms with van der Waals surface area (Å²) >= 11 is 3.35. The monoisotopic (exact) mass is 257 g/mol. The van der Waals surface area contributed by atoms with E-state index in [-0.39, 0.29) is 5.92 Å². The van der Waals surface area contributed by atoms with Crippen LogP contribution in [0.4, 0.5) is 4.79 Å². The first-order valence-electron chi connectivity index (χ1n) is 4.27. The molecule has 0 saturated carbocycles. The minimum absolute atomic E-state index is 0.163. The molecule has 1 unspecified atom stereocenters. The number of halogens is 1. The van der Waals surface area contributed by atoms with Gasteiger partial charge < -0.3 is 10.5 Å². The quantitative estimate of drug-likeness (QED) is 0.906. The summed E-state index contributed by atoms with van der Waals surface area (Å²) in [6, 6.07) is 7.88. The number of rotatable bonds is 3. The van der Waals surface area contributed by atoms with Gasteiger partial charge in [-0.25, -0.2) is 4.79 Å². The zero-order chi connectivity index (χ0) is 10.6. The molecule has 4 heteroatoms. The summed E-state index contributed by atoms with van der Waals surface area (Å²) in [5.74, 6) is 0.163. The van der Waals surface area contributed by atoms with Crippen molar-refractivity contribution in [3.8, 4) is 0 Å². The van der Waals surface area contributed by atoms with Crippen molar-refractivity contribution in [3.63, 3.8) is 0 Å². The average Bonchev–Trinajstić information content (AvgIpc) is 2.15. The standard InChI is InChI=1S/C10H12BrNO2/c1-7(6-14-10(12)13)8-2-4-9(11)5-3-8/h2-5,7H,6H2,1H3,(H2,12,13). The molecule has 0 fully saturated rings. The van der Waals surface area contributed by atoms with Crippen LogP contribution in [-0.2, 0) is 4.74 Å². The number of nitrogens with two attached hydrogens (primary N) is 1. The van der Waals surface area contributed by atoms with E-state index in [9.17, 15) is 4.79 Å². The van der Waals surface area contributed by atoms with Gasteiger partial charge in [0, 0.05) is 10.4 Å². The summed E-state index contributed by atoms with van der Waals surface area (Å²) in [6.07, 6.45) is -0.728. The van der Waals surface area contributed by atoms with Crippen LogP contribution >= 0.6 is 15.9 Å². The highest BCUT2D eigenvalue weighted by atomic mass is 79.9. The molecule has 0 spiro atoms. The van der Waals surface area contributed by atoms with Crippen molar-refractivity contribution in [2.45, 2.75) is 12.8 Å². The highest BCUT2D eigenvalue weighted by molar-refractivity contribution is 9.10. The fraction of sp³-hybridized carbons (Fsp3) is 0.300. The normalized spacial score (nSPS) is 12.1. The van der Waals surface area contributed by atoms with Gasteiger partial charge >= 0.3 is 6.09 Å². The number of hydrogen-bond donors (Lipinski definition) is 1. The van der Waals surface area contributed by atoms with Crippen LogP contribution in [0.5, 0.6) is 0 Å². The lowest BCUT2D eigenvalue weighted by Crippen LogP contribution is -2.16. The number of amides is 1. The molecular weight excluding hydrogens is 246 g/mol. The van der Waals surface area contributed by atoms with Gasteiger partial charge in [0.2, 0.25) is 0 Å². The summed E-state index contributed by atoms with van der Waals surface area (Å²) in [7, 11) is 0. The molecule has 0 aliphatic heterocycles. The van der Waals surface area contributed by atoms with Gasteiger partial charge in [0.05, 0.1) is 6.61 Å². The summed E-state index contributed by atoms with van der Waals surface area (Å²) in [5, 5.41) is 0. The minimum atomic E-state index is -0.728. The van der Waals surface area contributed by atoms with Gasteiger partial charge in [-0.15, -0.1) is 0 Å². The predicted molar refractivity (Wildman–Crippen MR) is 58.1 cm³/mol. The number of hydrogen-bond acceptors (Lipinski definition) is 2. The third kappa shape index (κ3) is 3.38. The van der Waals surface area contributed by atoms with Crippen molar-refractivity contribution >= 4 is 22.0 Å². The van der Waals surface area contributed by atoms with Gasteiger partial charge in [-0.2, -0.15) is 0 Å². The van der Waals surface area contributed by atoms with Crippen molar-refractivity contribution < 1.29 is 9.53 Å². The third-order valence-electron chi connectivity index (χ3n) is 1.91. The van der Waals surface area contributed by atoms with Gasteiger partial charge in [0.1, 0.15) is 0 Å². The number of ether oxygens (including phenoxy) is 1. The lowest BCUT2D eigenvalue weighted by Gasteiger charge is -2.11. The van der Waals surface area contributed by atoms with Crippen LogP contribution in [0.2, 0.25) is 0 Å². The number of primary amides is 1. The Morgan fingerprint density at radius 3 is 2.57 bits per heavy atom. The zero-order valence-corrected chi connectivity index (χ0v) is 9.45. The minimum Gasteiger partial charge on any atom is -0.449 e. The lowest BCUT2D eigenvalue weighted by molar-refractivity contribution is 0.151. The second-order valence-electron chi connectivity index (χ2n) is 3.08. The summed E-state index contributed by atoms with van der Waals surface area (Å²) in [4.78, 5) is 10.4. The molecule has 1 atom stereocenters. The van der Waals surface area contributed by atoms with E-state index >= 15 is 0 Å². The van der Waals surface area contributed by atoms with E-state index in [0.717, 1.165) is 10.0 Å². The Balaban J connectivity index is 2.56. The number of benzene rings is 1. The van der Waals surface area contributed by atoms with Crippen molar-refractivity contribution in [3.05, 3.63) is 34.3 Å². The van der Waals surface area contributed by atoms with Crippen LogP contribution in [0.3, 0.4) is 0 Å². The molecule has 0 aliphatic carbocycles. The first-order valence-corrected chi connectivity index (χ1v) is 5.06. The Kier molecular flexibility index (Phi) is 3.95. The maximum Gasteiger partial charge on any atom is 0.404 e. The first kappa shape index (κ1) is 11.0. The van der Waals surface area contributed by atoms with E-state index in [1.807, 2.05) is 31.2 Å². The predicted octanol–water partition coefficient (Wildman–Crippen LogP) is 2.65. The van der Waals surface area contributed by atoms with Crippen LogP contribution in [0.15, 0.2) is 28.7 Å². The zero-order valence-electron chi connectivity index (χ0n) is 7.87. The Hall–Kier alpha value is -1.03. The number of carbonyl (C=O) groups excluding carboxylic acids is 1. The molecule has 1 aromatic rings. The Labute approximate surface area is 91.4 Å². The number of carbonyl (C=O) groups is 1. The first-order chi connectivity index (χ1) is 6.59. The average molecular weight is 258 g/mol. The van der Waals surface area contributed by atoms with Crippen molar-refractivity contribution in [1.29, 1.82) is 0 Å². The van der Waals surface area contributed by atoms with Crippen LogP contribution in [0.25, 0.3) is 0 Å². The SMILES string of the molecule is CC(COC(N)=O)c1ccc(Br)cc1. The van der Waals surface area contributed by atoms with Crippen molar-refractivity contribution in [2.24, 2.45) is 5.73 Å². The molecule has 0 radical (unpaired) electrons. The van der Waals surface area contributed by atoms with Gasteiger partial charge in [-0.1, -0.05) is 35.0 Å². The molecule has 76 valence electrons. The molecule has 1 aromatic carbocycles. The Bertz CT molecular complexity index is 310. The molecule has 0 heterocycles. The smallest absolute Gasteiger partial charge is 0.404 e. The molecule has 1 rings (SSSR count). The second kappa shape index (κ2) is 5.00. The second-order valence-corrected chi connectivity index (χ2v) is 4.00. The molecule has 0 aromatic heterocycles. The fourth-order valence-electron chi connectivity index (χ4n) is 1.09. The molecule has 0 aliphatic rings. The lowest BCUT2D eigenvalue weighted by atomic mass is 10.0. The molecule has 3 nitrogen and oxygen atoms in total. The molecular formula is C10H12BrNO2. The molecule has 0 bridgehead atoms. The maximum absolute atomic E-state index is 10.4. The van der Waals surface area contributed by atoms with Gasteiger partial charge in [0.15, 0.2) is 0 Å². The van der Waals surface area contributed by atoms with Crippen LogP contribution in [-0.4, -0.2) is 12.7 Å². The molecule has 1 amide bonds. The van der Waals surface area contributed by atoms with Crippen LogP contribution in [0, 0.1) is 0 Å². The molecule has 14 heavy (non-hydrogen) atoms.